The summed E-state index contributed by atoms with van der Waals surface area (Å²) in [7, 11) is 3.08. The first-order chi connectivity index (χ1) is 8.99. The van der Waals surface area contributed by atoms with Crippen molar-refractivity contribution in [3.05, 3.63) is 27.0 Å². The van der Waals surface area contributed by atoms with E-state index in [1.807, 2.05) is 0 Å². The van der Waals surface area contributed by atoms with Crippen LogP contribution < -0.4 is 5.32 Å². The third-order valence-corrected chi connectivity index (χ3v) is 2.71. The molecule has 0 aromatic carbocycles. The second kappa shape index (κ2) is 8.91. The second-order valence-electron chi connectivity index (χ2n) is 3.86. The molecule has 0 saturated carbocycles. The van der Waals surface area contributed by atoms with Gasteiger partial charge in [0.15, 0.2) is 0 Å². The van der Waals surface area contributed by atoms with Crippen LogP contribution in [0.5, 0.6) is 0 Å². The Labute approximate surface area is 128 Å². The van der Waals surface area contributed by atoms with E-state index >= 15 is 0 Å². The van der Waals surface area contributed by atoms with Crippen molar-refractivity contribution in [2.45, 2.75) is 19.6 Å². The Kier molecular flexibility index (Phi) is 8.40. The topological polar surface area (TPSA) is 86.5 Å². The lowest BCUT2D eigenvalue weighted by molar-refractivity contribution is -0.384. The number of hydrogen-bond donors (Lipinski definition) is 1. The van der Waals surface area contributed by atoms with Gasteiger partial charge in [0.1, 0.15) is 11.9 Å². The van der Waals surface area contributed by atoms with E-state index < -0.39 is 11.2 Å². The van der Waals surface area contributed by atoms with E-state index in [0.717, 1.165) is 0 Å². The predicted octanol–water partition coefficient (Wildman–Crippen LogP) is 2.79. The van der Waals surface area contributed by atoms with E-state index in [0.29, 0.717) is 18.7 Å². The highest BCUT2D eigenvalue weighted by atomic mass is 35.5. The van der Waals surface area contributed by atoms with Gasteiger partial charge in [-0.25, -0.2) is 4.98 Å². The molecule has 1 aromatic rings. The van der Waals surface area contributed by atoms with Crippen LogP contribution in [0.2, 0.25) is 5.15 Å². The van der Waals surface area contributed by atoms with Gasteiger partial charge in [0, 0.05) is 26.3 Å². The number of rotatable bonds is 7. The van der Waals surface area contributed by atoms with E-state index in [-0.39, 0.29) is 28.9 Å². The minimum Gasteiger partial charge on any atom is -0.385 e. The molecule has 20 heavy (non-hydrogen) atoms. The molecule has 0 bridgehead atoms. The second-order valence-corrected chi connectivity index (χ2v) is 4.22. The summed E-state index contributed by atoms with van der Waals surface area (Å²) in [6.45, 7) is 2.18. The normalized spacial score (nSPS) is 11.6. The van der Waals surface area contributed by atoms with Crippen LogP contribution in [-0.2, 0) is 9.47 Å². The Morgan fingerprint density at radius 1 is 1.55 bits per heavy atom. The van der Waals surface area contributed by atoms with Crippen molar-refractivity contribution in [2.24, 2.45) is 0 Å². The number of nitro groups is 1. The third-order valence-electron chi connectivity index (χ3n) is 2.45. The molecule has 1 N–H and O–H groups in total. The van der Waals surface area contributed by atoms with Crippen molar-refractivity contribution >= 4 is 35.4 Å². The van der Waals surface area contributed by atoms with Crippen LogP contribution in [0.25, 0.3) is 0 Å². The van der Waals surface area contributed by atoms with Gasteiger partial charge in [-0.05, 0) is 13.0 Å². The summed E-state index contributed by atoms with van der Waals surface area (Å²) in [4.78, 5) is 14.3. The molecule has 0 aliphatic carbocycles. The zero-order chi connectivity index (χ0) is 14.4. The molecule has 0 radical (unpaired) electrons. The maximum atomic E-state index is 11.0. The molecular formula is C11H17Cl2N3O4. The van der Waals surface area contributed by atoms with Crippen LogP contribution in [-0.4, -0.2) is 37.0 Å². The number of pyridine rings is 1. The molecule has 1 heterocycles. The van der Waals surface area contributed by atoms with Gasteiger partial charge >= 0.3 is 5.69 Å². The summed E-state index contributed by atoms with van der Waals surface area (Å²) < 4.78 is 10.1. The number of methoxy groups -OCH3 is 2. The van der Waals surface area contributed by atoms with E-state index in [1.165, 1.54) is 7.11 Å². The molecule has 1 rings (SSSR count). The Balaban J connectivity index is 0.00000361. The van der Waals surface area contributed by atoms with Crippen LogP contribution >= 0.6 is 24.0 Å². The molecule has 1 atom stereocenters. The van der Waals surface area contributed by atoms with Gasteiger partial charge in [0.2, 0.25) is 5.15 Å². The minimum absolute atomic E-state index is 0. The van der Waals surface area contributed by atoms with Crippen molar-refractivity contribution in [1.82, 2.24) is 4.98 Å². The van der Waals surface area contributed by atoms with Crippen LogP contribution in [0.15, 0.2) is 6.07 Å². The molecule has 114 valence electrons. The maximum Gasteiger partial charge on any atom is 0.329 e. The molecule has 0 aliphatic heterocycles. The van der Waals surface area contributed by atoms with Crippen molar-refractivity contribution in [3.8, 4) is 0 Å². The Morgan fingerprint density at radius 3 is 2.70 bits per heavy atom. The summed E-state index contributed by atoms with van der Waals surface area (Å²) >= 11 is 5.80. The Morgan fingerprint density at radius 2 is 2.20 bits per heavy atom. The number of nitrogens with zero attached hydrogens (tertiary/aromatic N) is 2. The SMILES string of the molecule is COCCC(Nc1cc(C)nc(Cl)c1[N+](=O)[O-])OC.Cl. The van der Waals surface area contributed by atoms with Gasteiger partial charge in [0.25, 0.3) is 0 Å². The molecule has 0 aliphatic rings. The smallest absolute Gasteiger partial charge is 0.329 e. The molecule has 9 heteroatoms. The fourth-order valence-corrected chi connectivity index (χ4v) is 1.86. The van der Waals surface area contributed by atoms with Crippen LogP contribution in [0.1, 0.15) is 12.1 Å². The molecule has 0 amide bonds. The largest absolute Gasteiger partial charge is 0.385 e. The van der Waals surface area contributed by atoms with Gasteiger partial charge in [-0.2, -0.15) is 0 Å². The first kappa shape index (κ1) is 18.9. The average molecular weight is 326 g/mol. The molecule has 0 spiro atoms. The minimum atomic E-state index is -0.569. The summed E-state index contributed by atoms with van der Waals surface area (Å²) in [5.41, 5.74) is 0.608. The molecule has 0 fully saturated rings. The van der Waals surface area contributed by atoms with Crippen molar-refractivity contribution in [3.63, 3.8) is 0 Å². The van der Waals surface area contributed by atoms with Gasteiger partial charge in [-0.1, -0.05) is 11.6 Å². The third kappa shape index (κ3) is 5.09. The maximum absolute atomic E-state index is 11.0. The molecule has 1 unspecified atom stereocenters. The molecular weight excluding hydrogens is 309 g/mol. The number of aromatic nitrogens is 1. The van der Waals surface area contributed by atoms with E-state index in [1.54, 1.807) is 20.1 Å². The summed E-state index contributed by atoms with van der Waals surface area (Å²) in [6, 6.07) is 1.56. The summed E-state index contributed by atoms with van der Waals surface area (Å²) in [5, 5.41) is 13.8. The van der Waals surface area contributed by atoms with Gasteiger partial charge in [-0.15, -0.1) is 12.4 Å². The van der Waals surface area contributed by atoms with Gasteiger partial charge in [0.05, 0.1) is 11.5 Å². The van der Waals surface area contributed by atoms with Crippen molar-refractivity contribution < 1.29 is 14.4 Å². The number of nitrogens with one attached hydrogen (secondary N) is 1. The highest BCUT2D eigenvalue weighted by Gasteiger charge is 2.23. The highest BCUT2D eigenvalue weighted by molar-refractivity contribution is 6.32. The zero-order valence-corrected chi connectivity index (χ0v) is 13.0. The predicted molar refractivity (Wildman–Crippen MR) is 78.8 cm³/mol. The van der Waals surface area contributed by atoms with Crippen LogP contribution in [0.3, 0.4) is 0 Å². The number of halogens is 2. The van der Waals surface area contributed by atoms with E-state index in [9.17, 15) is 10.1 Å². The summed E-state index contributed by atoms with van der Waals surface area (Å²) in [6.07, 6.45) is 0.139. The van der Waals surface area contributed by atoms with E-state index in [2.05, 4.69) is 10.3 Å². The summed E-state index contributed by atoms with van der Waals surface area (Å²) in [5.74, 6) is 0. The van der Waals surface area contributed by atoms with Crippen molar-refractivity contribution in [1.29, 1.82) is 0 Å². The fourth-order valence-electron chi connectivity index (χ4n) is 1.56. The highest BCUT2D eigenvalue weighted by Crippen LogP contribution is 2.32. The monoisotopic (exact) mass is 325 g/mol. The number of hydrogen-bond acceptors (Lipinski definition) is 6. The van der Waals surface area contributed by atoms with Crippen LogP contribution in [0.4, 0.5) is 11.4 Å². The quantitative estimate of drug-likeness (QED) is 0.359. The van der Waals surface area contributed by atoms with Crippen molar-refractivity contribution in [2.75, 3.05) is 26.1 Å². The molecule has 7 nitrogen and oxygen atoms in total. The standard InChI is InChI=1S/C11H16ClN3O4.ClH/c1-7-6-8(10(15(16)17)11(12)13-7)14-9(19-3)4-5-18-2;/h6,9H,4-5H2,1-3H3,(H,13,14);1H. The Bertz CT molecular complexity index is 460. The molecule has 0 saturated heterocycles. The first-order valence-corrected chi connectivity index (χ1v) is 5.97. The van der Waals surface area contributed by atoms with E-state index in [4.69, 9.17) is 21.1 Å². The van der Waals surface area contributed by atoms with Gasteiger partial charge < -0.3 is 14.8 Å². The number of aryl methyl sites for hydroxylation is 1. The average Bonchev–Trinajstić information content (AvgIpc) is 2.32. The lowest BCUT2D eigenvalue weighted by atomic mass is 10.2. The Hall–Kier alpha value is -1.15. The number of anilines is 1. The first-order valence-electron chi connectivity index (χ1n) is 5.59. The lowest BCUT2D eigenvalue weighted by Crippen LogP contribution is -2.24. The zero-order valence-electron chi connectivity index (χ0n) is 11.4. The van der Waals surface area contributed by atoms with Gasteiger partial charge in [-0.3, -0.25) is 10.1 Å². The fraction of sp³-hybridized carbons (Fsp3) is 0.545. The van der Waals surface area contributed by atoms with Crippen LogP contribution in [0, 0.1) is 17.0 Å². The number of ether oxygens (including phenoxy) is 2. The molecule has 1 aromatic heterocycles. The lowest BCUT2D eigenvalue weighted by Gasteiger charge is -2.18.